The molecule has 0 saturated heterocycles. The molecule has 0 N–H and O–H groups in total. The molecule has 0 amide bonds. The van der Waals surface area contributed by atoms with E-state index in [1.54, 1.807) is 0 Å². The van der Waals surface area contributed by atoms with Crippen LogP contribution in [0.4, 0.5) is 4.39 Å². The Balaban J connectivity index is 1.76. The molecule has 5 heteroatoms. The maximum atomic E-state index is 13.5. The molecule has 0 unspecified atom stereocenters. The Hall–Kier alpha value is -2.72. The highest BCUT2D eigenvalue weighted by molar-refractivity contribution is 6.30. The minimum Gasteiger partial charge on any atom is -0.228 e. The topological polar surface area (TPSA) is 30.2 Å². The van der Waals surface area contributed by atoms with E-state index in [1.807, 2.05) is 47.1 Å². The van der Waals surface area contributed by atoms with Gasteiger partial charge >= 0.3 is 0 Å². The Bertz CT molecular complexity index is 1180. The third-order valence-corrected chi connectivity index (χ3v) is 6.24. The highest BCUT2D eigenvalue weighted by Gasteiger charge is 2.26. The predicted octanol–water partition coefficient (Wildman–Crippen LogP) is 6.37. The molecule has 2 heterocycles. The zero-order valence-corrected chi connectivity index (χ0v) is 17.0. The van der Waals surface area contributed by atoms with Crippen molar-refractivity contribution in [2.24, 2.45) is 5.92 Å². The van der Waals surface area contributed by atoms with Crippen molar-refractivity contribution in [2.75, 3.05) is 0 Å². The fourth-order valence-electron chi connectivity index (χ4n) is 4.32. The van der Waals surface area contributed by atoms with E-state index in [1.165, 1.54) is 23.4 Å². The summed E-state index contributed by atoms with van der Waals surface area (Å²) in [5.74, 6) is 0.411. The van der Waals surface area contributed by atoms with Crippen LogP contribution in [-0.4, -0.2) is 14.6 Å². The number of hydrogen-bond acceptors (Lipinski definition) is 2. The summed E-state index contributed by atoms with van der Waals surface area (Å²) in [6, 6.07) is 14.4. The maximum Gasteiger partial charge on any atom is 0.163 e. The van der Waals surface area contributed by atoms with Gasteiger partial charge in [-0.25, -0.2) is 13.9 Å². The van der Waals surface area contributed by atoms with Crippen molar-refractivity contribution in [3.8, 4) is 22.4 Å². The number of hydrogen-bond donors (Lipinski definition) is 0. The molecule has 0 radical (unpaired) electrons. The third-order valence-electron chi connectivity index (χ3n) is 5.98. The average Bonchev–Trinajstić information content (AvgIpc) is 3.18. The minimum atomic E-state index is -0.235. The van der Waals surface area contributed by atoms with Crippen LogP contribution in [0.5, 0.6) is 0 Å². The zero-order chi connectivity index (χ0) is 20.0. The molecule has 4 aromatic rings. The minimum absolute atomic E-state index is 0.235. The maximum absolute atomic E-state index is 13.5. The van der Waals surface area contributed by atoms with Gasteiger partial charge in [-0.3, -0.25) is 0 Å². The second-order valence-electron chi connectivity index (χ2n) is 7.71. The molecule has 0 bridgehead atoms. The average molecular weight is 406 g/mol. The largest absolute Gasteiger partial charge is 0.228 e. The Kier molecular flexibility index (Phi) is 4.59. The lowest BCUT2D eigenvalue weighted by atomic mass is 9.83. The van der Waals surface area contributed by atoms with Gasteiger partial charge in [0.05, 0.1) is 11.9 Å². The van der Waals surface area contributed by atoms with E-state index in [0.717, 1.165) is 53.7 Å². The molecule has 1 aliphatic rings. The van der Waals surface area contributed by atoms with Gasteiger partial charge in [-0.15, -0.1) is 0 Å². The number of benzene rings is 2. The number of rotatable bonds is 3. The van der Waals surface area contributed by atoms with E-state index in [9.17, 15) is 4.39 Å². The van der Waals surface area contributed by atoms with Crippen molar-refractivity contribution < 1.29 is 4.39 Å². The molecule has 3 nitrogen and oxygen atoms in total. The SMILES string of the molecule is CC[C@@H]1CCc2c(c(-c3ccc(F)cc3)nc3c(-c4ccc(Cl)cc4)cnn23)C1. The second kappa shape index (κ2) is 7.27. The molecule has 0 fully saturated rings. The van der Waals surface area contributed by atoms with Crippen LogP contribution in [0.3, 0.4) is 0 Å². The van der Waals surface area contributed by atoms with E-state index in [0.29, 0.717) is 10.9 Å². The number of aromatic nitrogens is 3. The van der Waals surface area contributed by atoms with Crippen LogP contribution < -0.4 is 0 Å². The zero-order valence-electron chi connectivity index (χ0n) is 16.2. The summed E-state index contributed by atoms with van der Waals surface area (Å²) in [6.45, 7) is 2.24. The van der Waals surface area contributed by atoms with Gasteiger partial charge in [0.2, 0.25) is 0 Å². The van der Waals surface area contributed by atoms with Crippen LogP contribution >= 0.6 is 11.6 Å². The van der Waals surface area contributed by atoms with Gasteiger partial charge in [0.15, 0.2) is 5.65 Å². The molecule has 146 valence electrons. The summed E-state index contributed by atoms with van der Waals surface area (Å²) in [6.07, 6.45) is 6.14. The van der Waals surface area contributed by atoms with Crippen LogP contribution in [0.2, 0.25) is 5.02 Å². The van der Waals surface area contributed by atoms with Gasteiger partial charge in [0.25, 0.3) is 0 Å². The molecule has 0 aliphatic heterocycles. The van der Waals surface area contributed by atoms with Crippen molar-refractivity contribution in [3.63, 3.8) is 0 Å². The lowest BCUT2D eigenvalue weighted by Gasteiger charge is -2.26. The van der Waals surface area contributed by atoms with Crippen LogP contribution in [0.15, 0.2) is 54.7 Å². The Morgan fingerprint density at radius 1 is 1.07 bits per heavy atom. The highest BCUT2D eigenvalue weighted by atomic mass is 35.5. The lowest BCUT2D eigenvalue weighted by Crippen LogP contribution is -2.19. The van der Waals surface area contributed by atoms with E-state index in [4.69, 9.17) is 21.7 Å². The smallest absolute Gasteiger partial charge is 0.163 e. The van der Waals surface area contributed by atoms with Crippen molar-refractivity contribution in [1.29, 1.82) is 0 Å². The summed E-state index contributed by atoms with van der Waals surface area (Å²) in [4.78, 5) is 5.06. The number of fused-ring (bicyclic) bond motifs is 3. The van der Waals surface area contributed by atoms with Gasteiger partial charge in [0, 0.05) is 27.4 Å². The molecule has 2 aromatic carbocycles. The summed E-state index contributed by atoms with van der Waals surface area (Å²) < 4.78 is 15.5. The normalized spacial score (nSPS) is 16.2. The fourth-order valence-corrected chi connectivity index (χ4v) is 4.44. The number of aryl methyl sites for hydroxylation is 1. The molecule has 2 aromatic heterocycles. The molecular weight excluding hydrogens is 385 g/mol. The predicted molar refractivity (Wildman–Crippen MR) is 115 cm³/mol. The lowest BCUT2D eigenvalue weighted by molar-refractivity contribution is 0.435. The molecule has 1 atom stereocenters. The van der Waals surface area contributed by atoms with Crippen LogP contribution in [0, 0.1) is 11.7 Å². The van der Waals surface area contributed by atoms with Gasteiger partial charge in [-0.05, 0) is 67.1 Å². The first-order valence-corrected chi connectivity index (χ1v) is 10.4. The quantitative estimate of drug-likeness (QED) is 0.396. The summed E-state index contributed by atoms with van der Waals surface area (Å²) >= 11 is 6.06. The van der Waals surface area contributed by atoms with Crippen molar-refractivity contribution >= 4 is 17.2 Å². The van der Waals surface area contributed by atoms with Crippen molar-refractivity contribution in [1.82, 2.24) is 14.6 Å². The third kappa shape index (κ3) is 3.22. The highest BCUT2D eigenvalue weighted by Crippen LogP contribution is 2.36. The summed E-state index contributed by atoms with van der Waals surface area (Å²) in [5.41, 5.74) is 7.20. The molecular formula is C24H21ClFN3. The molecule has 1 aliphatic carbocycles. The summed E-state index contributed by atoms with van der Waals surface area (Å²) in [7, 11) is 0. The van der Waals surface area contributed by atoms with Gasteiger partial charge in [-0.1, -0.05) is 37.1 Å². The standard InChI is InChI=1S/C24H21ClFN3/c1-2-15-3-12-22-20(13-15)23(17-6-10-19(26)11-7-17)28-24-21(14-27-29(22)24)16-4-8-18(25)9-5-16/h4-11,14-15H,2-3,12-13H2,1H3/t15-/m1/s1. The van der Waals surface area contributed by atoms with Crippen molar-refractivity contribution in [3.05, 3.63) is 76.8 Å². The number of halogens is 2. The van der Waals surface area contributed by atoms with E-state index < -0.39 is 0 Å². The van der Waals surface area contributed by atoms with E-state index in [-0.39, 0.29) is 5.82 Å². The molecule has 0 spiro atoms. The first kappa shape index (κ1) is 18.3. The van der Waals surface area contributed by atoms with Gasteiger partial charge in [-0.2, -0.15) is 5.10 Å². The summed E-state index contributed by atoms with van der Waals surface area (Å²) in [5, 5.41) is 5.39. The van der Waals surface area contributed by atoms with E-state index in [2.05, 4.69) is 6.92 Å². The first-order valence-electron chi connectivity index (χ1n) is 10.1. The van der Waals surface area contributed by atoms with Crippen LogP contribution in [0.1, 0.15) is 31.0 Å². The van der Waals surface area contributed by atoms with Crippen LogP contribution in [-0.2, 0) is 12.8 Å². The van der Waals surface area contributed by atoms with Crippen molar-refractivity contribution in [2.45, 2.75) is 32.6 Å². The fraction of sp³-hybridized carbons (Fsp3) is 0.250. The monoisotopic (exact) mass is 405 g/mol. The van der Waals surface area contributed by atoms with Gasteiger partial charge < -0.3 is 0 Å². The Morgan fingerprint density at radius 3 is 2.52 bits per heavy atom. The Labute approximate surface area is 174 Å². The molecule has 0 saturated carbocycles. The molecule has 29 heavy (non-hydrogen) atoms. The Morgan fingerprint density at radius 2 is 1.79 bits per heavy atom. The van der Waals surface area contributed by atoms with Crippen LogP contribution in [0.25, 0.3) is 28.0 Å². The number of nitrogens with zero attached hydrogens (tertiary/aromatic N) is 3. The van der Waals surface area contributed by atoms with E-state index >= 15 is 0 Å². The molecule has 5 rings (SSSR count). The van der Waals surface area contributed by atoms with Gasteiger partial charge in [0.1, 0.15) is 5.82 Å². The first-order chi connectivity index (χ1) is 14.1. The second-order valence-corrected chi connectivity index (χ2v) is 8.15.